The molecule has 3 rings (SSSR count). The van der Waals surface area contributed by atoms with Crippen LogP contribution in [-0.4, -0.2) is 24.7 Å². The number of halogens is 1. The van der Waals surface area contributed by atoms with E-state index >= 15 is 0 Å². The molecule has 1 aromatic carbocycles. The van der Waals surface area contributed by atoms with Crippen LogP contribution in [0.4, 0.5) is 15.8 Å². The Labute approximate surface area is 144 Å². The molecule has 3 aromatic rings. The summed E-state index contributed by atoms with van der Waals surface area (Å²) in [5, 5.41) is 15.0. The van der Waals surface area contributed by atoms with Crippen molar-refractivity contribution in [2.24, 2.45) is 7.05 Å². The third kappa shape index (κ3) is 3.60. The van der Waals surface area contributed by atoms with E-state index in [0.29, 0.717) is 17.2 Å². The maximum absolute atomic E-state index is 13.7. The zero-order valence-corrected chi connectivity index (χ0v) is 14.1. The quantitative estimate of drug-likeness (QED) is 0.713. The molecule has 2 aromatic heterocycles. The second-order valence-electron chi connectivity index (χ2n) is 5.36. The predicted octanol–water partition coefficient (Wildman–Crippen LogP) is 2.92. The highest BCUT2D eigenvalue weighted by molar-refractivity contribution is 7.80. The van der Waals surface area contributed by atoms with Gasteiger partial charge in [-0.25, -0.2) is 4.39 Å². The second kappa shape index (κ2) is 6.79. The van der Waals surface area contributed by atoms with E-state index in [1.807, 2.05) is 14.0 Å². The fourth-order valence-corrected chi connectivity index (χ4v) is 2.45. The fraction of sp³-hybridized carbons (Fsp3) is 0.188. The summed E-state index contributed by atoms with van der Waals surface area (Å²) in [6.07, 6.45) is 5.13. The van der Waals surface area contributed by atoms with E-state index < -0.39 is 0 Å². The summed E-state index contributed by atoms with van der Waals surface area (Å²) in [6.45, 7) is 2.31. The Kier molecular flexibility index (Phi) is 4.57. The van der Waals surface area contributed by atoms with Gasteiger partial charge in [0.2, 0.25) is 0 Å². The minimum absolute atomic E-state index is 0.244. The Bertz CT molecular complexity index is 869. The Morgan fingerprint density at radius 3 is 2.71 bits per heavy atom. The van der Waals surface area contributed by atoms with Crippen LogP contribution in [0.1, 0.15) is 11.3 Å². The molecule has 0 amide bonds. The van der Waals surface area contributed by atoms with Crippen LogP contribution in [0.5, 0.6) is 0 Å². The van der Waals surface area contributed by atoms with Crippen molar-refractivity contribution >= 4 is 28.7 Å². The van der Waals surface area contributed by atoms with Crippen molar-refractivity contribution in [3.05, 3.63) is 59.9 Å². The molecule has 0 spiro atoms. The van der Waals surface area contributed by atoms with Gasteiger partial charge in [0, 0.05) is 18.8 Å². The average Bonchev–Trinajstić information content (AvgIpc) is 3.11. The SMILES string of the molecule is Cc1c(NC(=S)Nc2cnn(Cc3ccccc3F)c2)cnn1C. The van der Waals surface area contributed by atoms with Crippen molar-refractivity contribution in [3.63, 3.8) is 0 Å². The predicted molar refractivity (Wildman–Crippen MR) is 95.5 cm³/mol. The van der Waals surface area contributed by atoms with Crippen LogP contribution < -0.4 is 10.6 Å². The normalized spacial score (nSPS) is 10.6. The molecule has 0 radical (unpaired) electrons. The van der Waals surface area contributed by atoms with Crippen molar-refractivity contribution in [2.75, 3.05) is 10.6 Å². The summed E-state index contributed by atoms with van der Waals surface area (Å²) in [4.78, 5) is 0. The van der Waals surface area contributed by atoms with E-state index in [0.717, 1.165) is 17.1 Å². The minimum Gasteiger partial charge on any atom is -0.330 e. The molecule has 8 heteroatoms. The second-order valence-corrected chi connectivity index (χ2v) is 5.77. The monoisotopic (exact) mass is 344 g/mol. The van der Waals surface area contributed by atoms with Crippen LogP contribution >= 0.6 is 12.2 Å². The van der Waals surface area contributed by atoms with Crippen molar-refractivity contribution in [3.8, 4) is 0 Å². The Balaban J connectivity index is 1.62. The number of nitrogens with one attached hydrogen (secondary N) is 2. The Hall–Kier alpha value is -2.74. The Morgan fingerprint density at radius 2 is 2.00 bits per heavy atom. The highest BCUT2D eigenvalue weighted by Crippen LogP contribution is 2.14. The smallest absolute Gasteiger partial charge is 0.175 e. The number of aryl methyl sites for hydroxylation is 1. The van der Waals surface area contributed by atoms with Crippen LogP contribution in [-0.2, 0) is 13.6 Å². The van der Waals surface area contributed by atoms with Gasteiger partial charge in [0.15, 0.2) is 5.11 Å². The highest BCUT2D eigenvalue weighted by atomic mass is 32.1. The van der Waals surface area contributed by atoms with E-state index in [4.69, 9.17) is 12.2 Å². The zero-order valence-electron chi connectivity index (χ0n) is 13.3. The molecule has 124 valence electrons. The molecule has 0 atom stereocenters. The average molecular weight is 344 g/mol. The number of aromatic nitrogens is 4. The summed E-state index contributed by atoms with van der Waals surface area (Å²) in [5.74, 6) is -0.244. The largest absolute Gasteiger partial charge is 0.330 e. The number of thiocarbonyl (C=S) groups is 1. The van der Waals surface area contributed by atoms with Gasteiger partial charge in [0.25, 0.3) is 0 Å². The number of hydrogen-bond donors (Lipinski definition) is 2. The molecule has 0 aliphatic rings. The molecular weight excluding hydrogens is 327 g/mol. The first-order valence-corrected chi connectivity index (χ1v) is 7.76. The summed E-state index contributed by atoms with van der Waals surface area (Å²) < 4.78 is 17.1. The molecule has 0 aliphatic carbocycles. The zero-order chi connectivity index (χ0) is 17.1. The Morgan fingerprint density at radius 1 is 1.21 bits per heavy atom. The molecular formula is C16H17FN6S. The molecule has 2 heterocycles. The fourth-order valence-electron chi connectivity index (χ4n) is 2.22. The van der Waals surface area contributed by atoms with Gasteiger partial charge >= 0.3 is 0 Å². The summed E-state index contributed by atoms with van der Waals surface area (Å²) in [5.41, 5.74) is 3.13. The van der Waals surface area contributed by atoms with Crippen LogP contribution in [0.2, 0.25) is 0 Å². The van der Waals surface area contributed by atoms with Gasteiger partial charge in [-0.3, -0.25) is 9.36 Å². The van der Waals surface area contributed by atoms with Crippen molar-refractivity contribution in [1.82, 2.24) is 19.6 Å². The standard InChI is InChI=1S/C16H17FN6S/c1-11-15(8-18-22(11)2)21-16(24)20-13-7-19-23(10-13)9-12-5-3-4-6-14(12)17/h3-8,10H,9H2,1-2H3,(H2,20,21,24). The van der Waals surface area contributed by atoms with Gasteiger partial charge in [-0.1, -0.05) is 18.2 Å². The molecule has 0 fully saturated rings. The number of benzene rings is 1. The van der Waals surface area contributed by atoms with Gasteiger partial charge in [0.05, 0.1) is 36.0 Å². The van der Waals surface area contributed by atoms with Crippen molar-refractivity contribution in [2.45, 2.75) is 13.5 Å². The van der Waals surface area contributed by atoms with Gasteiger partial charge in [-0.05, 0) is 25.2 Å². The van der Waals surface area contributed by atoms with Crippen LogP contribution in [0, 0.1) is 12.7 Å². The van der Waals surface area contributed by atoms with E-state index in [1.54, 1.807) is 46.2 Å². The lowest BCUT2D eigenvalue weighted by molar-refractivity contribution is 0.585. The molecule has 0 saturated heterocycles. The lowest BCUT2D eigenvalue weighted by atomic mass is 10.2. The van der Waals surface area contributed by atoms with Crippen LogP contribution in [0.25, 0.3) is 0 Å². The first-order valence-electron chi connectivity index (χ1n) is 7.35. The lowest BCUT2D eigenvalue weighted by Gasteiger charge is -2.08. The van der Waals surface area contributed by atoms with Crippen molar-refractivity contribution < 1.29 is 4.39 Å². The van der Waals surface area contributed by atoms with Gasteiger partial charge < -0.3 is 10.6 Å². The van der Waals surface area contributed by atoms with Gasteiger partial charge in [-0.15, -0.1) is 0 Å². The number of anilines is 2. The van der Waals surface area contributed by atoms with E-state index in [1.165, 1.54) is 6.07 Å². The van der Waals surface area contributed by atoms with Crippen molar-refractivity contribution in [1.29, 1.82) is 0 Å². The third-order valence-electron chi connectivity index (χ3n) is 3.66. The van der Waals surface area contributed by atoms with Gasteiger partial charge in [0.1, 0.15) is 5.82 Å². The number of nitrogens with zero attached hydrogens (tertiary/aromatic N) is 4. The number of rotatable bonds is 4. The van der Waals surface area contributed by atoms with Gasteiger partial charge in [-0.2, -0.15) is 10.2 Å². The first kappa shape index (κ1) is 16.1. The van der Waals surface area contributed by atoms with Crippen LogP contribution in [0.3, 0.4) is 0 Å². The third-order valence-corrected chi connectivity index (χ3v) is 3.87. The number of hydrogen-bond acceptors (Lipinski definition) is 3. The molecule has 0 aliphatic heterocycles. The van der Waals surface area contributed by atoms with Crippen LogP contribution in [0.15, 0.2) is 42.9 Å². The summed E-state index contributed by atoms with van der Waals surface area (Å²) >= 11 is 5.29. The molecule has 2 N–H and O–H groups in total. The topological polar surface area (TPSA) is 59.7 Å². The molecule has 24 heavy (non-hydrogen) atoms. The molecule has 6 nitrogen and oxygen atoms in total. The molecule has 0 saturated carbocycles. The molecule has 0 bridgehead atoms. The van der Waals surface area contributed by atoms with E-state index in [9.17, 15) is 4.39 Å². The summed E-state index contributed by atoms with van der Waals surface area (Å²) in [7, 11) is 1.86. The molecule has 0 unspecified atom stereocenters. The highest BCUT2D eigenvalue weighted by Gasteiger charge is 2.07. The van der Waals surface area contributed by atoms with E-state index in [-0.39, 0.29) is 5.82 Å². The first-order chi connectivity index (χ1) is 11.5. The maximum atomic E-state index is 13.7. The minimum atomic E-state index is -0.244. The lowest BCUT2D eigenvalue weighted by Crippen LogP contribution is -2.19. The van der Waals surface area contributed by atoms with E-state index in [2.05, 4.69) is 20.8 Å². The maximum Gasteiger partial charge on any atom is 0.175 e. The summed E-state index contributed by atoms with van der Waals surface area (Å²) in [6, 6.07) is 6.64.